The van der Waals surface area contributed by atoms with Crippen molar-refractivity contribution in [2.24, 2.45) is 0 Å². The number of nitrogens with zero attached hydrogens (tertiary/aromatic N) is 2. The zero-order valence-corrected chi connectivity index (χ0v) is 6.99. The van der Waals surface area contributed by atoms with Crippen molar-refractivity contribution in [3.63, 3.8) is 0 Å². The molecule has 0 fully saturated rings. The lowest BCUT2D eigenvalue weighted by Gasteiger charge is -2.11. The van der Waals surface area contributed by atoms with Gasteiger partial charge < -0.3 is 0 Å². The van der Waals surface area contributed by atoms with E-state index in [0.29, 0.717) is 0 Å². The van der Waals surface area contributed by atoms with Crippen molar-refractivity contribution in [1.29, 1.82) is 0 Å². The second-order valence-corrected chi connectivity index (χ2v) is 2.46. The first-order valence-corrected chi connectivity index (χ1v) is 3.79. The van der Waals surface area contributed by atoms with Crippen molar-refractivity contribution in [1.82, 2.24) is 9.88 Å². The molecule has 0 aliphatic carbocycles. The van der Waals surface area contributed by atoms with E-state index in [1.807, 2.05) is 31.8 Å². The maximum Gasteiger partial charge on any atom is 0.0733 e. The predicted molar refractivity (Wildman–Crippen MR) is 45.9 cm³/mol. The zero-order valence-electron chi connectivity index (χ0n) is 6.99. The molecule has 0 saturated heterocycles. The second kappa shape index (κ2) is 4.09. The Morgan fingerprint density at radius 3 is 2.91 bits per heavy atom. The topological polar surface area (TPSA) is 16.1 Å². The Kier molecular flexibility index (Phi) is 3.05. The first kappa shape index (κ1) is 8.21. The van der Waals surface area contributed by atoms with Gasteiger partial charge in [0.25, 0.3) is 0 Å². The Morgan fingerprint density at radius 1 is 1.55 bits per heavy atom. The van der Waals surface area contributed by atoms with Gasteiger partial charge in [-0.15, -0.1) is 0 Å². The Balaban J connectivity index is 2.51. The molecule has 0 bridgehead atoms. The highest BCUT2D eigenvalue weighted by atomic mass is 15.1. The molecule has 0 aliphatic heterocycles. The predicted octanol–water partition coefficient (Wildman–Crippen LogP) is 1.54. The lowest BCUT2D eigenvalue weighted by atomic mass is 10.3. The van der Waals surface area contributed by atoms with E-state index in [1.165, 1.54) is 0 Å². The van der Waals surface area contributed by atoms with Crippen molar-refractivity contribution < 1.29 is 0 Å². The van der Waals surface area contributed by atoms with Gasteiger partial charge in [0, 0.05) is 6.20 Å². The molecule has 0 aromatic carbocycles. The van der Waals surface area contributed by atoms with Gasteiger partial charge in [-0.1, -0.05) is 13.0 Å². The summed E-state index contributed by atoms with van der Waals surface area (Å²) in [6.07, 6.45) is 1.80. The highest BCUT2D eigenvalue weighted by molar-refractivity contribution is 5.11. The van der Waals surface area contributed by atoms with Gasteiger partial charge in [-0.3, -0.25) is 9.88 Å². The van der Waals surface area contributed by atoms with Crippen LogP contribution in [0, 0.1) is 6.54 Å². The molecule has 0 N–H and O–H groups in total. The minimum Gasteiger partial charge on any atom is -0.296 e. The lowest BCUT2D eigenvalue weighted by Crippen LogP contribution is -2.14. The Hall–Kier alpha value is -0.890. The Morgan fingerprint density at radius 2 is 2.36 bits per heavy atom. The summed E-state index contributed by atoms with van der Waals surface area (Å²) in [6, 6.07) is 5.90. The molecular weight excluding hydrogens is 136 g/mol. The van der Waals surface area contributed by atoms with E-state index < -0.39 is 0 Å². The fourth-order valence-electron chi connectivity index (χ4n) is 0.769. The summed E-state index contributed by atoms with van der Waals surface area (Å²) in [5.74, 6) is 0. The van der Waals surface area contributed by atoms with Gasteiger partial charge in [0.15, 0.2) is 0 Å². The van der Waals surface area contributed by atoms with Crippen LogP contribution in [0.2, 0.25) is 0 Å². The average molecular weight is 149 g/mol. The zero-order chi connectivity index (χ0) is 8.10. The summed E-state index contributed by atoms with van der Waals surface area (Å²) < 4.78 is 0. The summed E-state index contributed by atoms with van der Waals surface area (Å²) in [6.45, 7) is 5.15. The van der Waals surface area contributed by atoms with Crippen molar-refractivity contribution >= 4 is 0 Å². The molecule has 0 spiro atoms. The van der Waals surface area contributed by atoms with Crippen LogP contribution in [0.4, 0.5) is 0 Å². The van der Waals surface area contributed by atoms with Gasteiger partial charge in [-0.2, -0.15) is 0 Å². The van der Waals surface area contributed by atoms with Crippen molar-refractivity contribution in [2.75, 3.05) is 13.6 Å². The van der Waals surface area contributed by atoms with E-state index in [-0.39, 0.29) is 0 Å². The maximum absolute atomic E-state index is 4.17. The standard InChI is InChI=1S/C9H13N2/c1-3-11(2)8-9-6-4-5-7-10-9/h4-8H,3H2,1-2H3. The highest BCUT2D eigenvalue weighted by Crippen LogP contribution is 1.99. The van der Waals surface area contributed by atoms with E-state index >= 15 is 0 Å². The quantitative estimate of drug-likeness (QED) is 0.648. The number of hydrogen-bond donors (Lipinski definition) is 0. The maximum atomic E-state index is 4.17. The molecule has 1 heterocycles. The molecule has 1 aromatic rings. The fraction of sp³-hybridized carbons (Fsp3) is 0.333. The molecular formula is C9H13N2. The molecule has 11 heavy (non-hydrogen) atoms. The van der Waals surface area contributed by atoms with E-state index in [9.17, 15) is 0 Å². The Labute approximate surface area is 67.9 Å². The van der Waals surface area contributed by atoms with E-state index in [2.05, 4.69) is 16.8 Å². The summed E-state index contributed by atoms with van der Waals surface area (Å²) >= 11 is 0. The average Bonchev–Trinajstić information content (AvgIpc) is 2.06. The third-order valence-electron chi connectivity index (χ3n) is 1.54. The molecule has 1 aromatic heterocycles. The largest absolute Gasteiger partial charge is 0.296 e. The van der Waals surface area contributed by atoms with E-state index in [1.54, 1.807) is 6.20 Å². The second-order valence-electron chi connectivity index (χ2n) is 2.46. The van der Waals surface area contributed by atoms with Crippen LogP contribution in [-0.2, 0) is 0 Å². The van der Waals surface area contributed by atoms with Crippen LogP contribution < -0.4 is 0 Å². The first-order chi connectivity index (χ1) is 5.33. The third kappa shape index (κ3) is 2.68. The van der Waals surface area contributed by atoms with Crippen LogP contribution >= 0.6 is 0 Å². The summed E-state index contributed by atoms with van der Waals surface area (Å²) in [7, 11) is 2.04. The minimum absolute atomic E-state index is 1.01. The first-order valence-electron chi connectivity index (χ1n) is 3.79. The van der Waals surface area contributed by atoms with Crippen LogP contribution in [-0.4, -0.2) is 23.5 Å². The van der Waals surface area contributed by atoms with Gasteiger partial charge in [-0.25, -0.2) is 0 Å². The van der Waals surface area contributed by atoms with Gasteiger partial charge in [0.2, 0.25) is 0 Å². The van der Waals surface area contributed by atoms with Gasteiger partial charge >= 0.3 is 0 Å². The minimum atomic E-state index is 1.01. The van der Waals surface area contributed by atoms with E-state index in [4.69, 9.17) is 0 Å². The summed E-state index contributed by atoms with van der Waals surface area (Å²) in [5, 5.41) is 0. The normalized spacial score (nSPS) is 10.5. The van der Waals surface area contributed by atoms with Gasteiger partial charge in [-0.05, 0) is 25.7 Å². The SMILES string of the molecule is CCN(C)[CH]c1ccccn1. The summed E-state index contributed by atoms with van der Waals surface area (Å²) in [4.78, 5) is 6.27. The van der Waals surface area contributed by atoms with Crippen molar-refractivity contribution in [3.8, 4) is 0 Å². The molecule has 0 amide bonds. The van der Waals surface area contributed by atoms with Crippen LogP contribution in [0.1, 0.15) is 12.6 Å². The number of rotatable bonds is 3. The van der Waals surface area contributed by atoms with Crippen LogP contribution in [0.25, 0.3) is 0 Å². The van der Waals surface area contributed by atoms with Crippen LogP contribution in [0.3, 0.4) is 0 Å². The fourth-order valence-corrected chi connectivity index (χ4v) is 0.769. The number of pyridine rings is 1. The van der Waals surface area contributed by atoms with Gasteiger partial charge in [0.1, 0.15) is 0 Å². The third-order valence-corrected chi connectivity index (χ3v) is 1.54. The molecule has 59 valence electrons. The smallest absolute Gasteiger partial charge is 0.0733 e. The molecule has 1 radical (unpaired) electrons. The van der Waals surface area contributed by atoms with E-state index in [0.717, 1.165) is 12.2 Å². The molecule has 1 rings (SSSR count). The highest BCUT2D eigenvalue weighted by Gasteiger charge is 1.96. The summed E-state index contributed by atoms with van der Waals surface area (Å²) in [5.41, 5.74) is 1.01. The van der Waals surface area contributed by atoms with Crippen molar-refractivity contribution in [2.45, 2.75) is 6.92 Å². The number of hydrogen-bond acceptors (Lipinski definition) is 2. The van der Waals surface area contributed by atoms with Crippen molar-refractivity contribution in [3.05, 3.63) is 36.6 Å². The van der Waals surface area contributed by atoms with Crippen LogP contribution in [0.5, 0.6) is 0 Å². The van der Waals surface area contributed by atoms with Crippen LogP contribution in [0.15, 0.2) is 24.4 Å². The molecule has 0 unspecified atom stereocenters. The van der Waals surface area contributed by atoms with Gasteiger partial charge in [0.05, 0.1) is 12.2 Å². The Bertz CT molecular complexity index is 196. The molecule has 0 saturated carbocycles. The molecule has 2 nitrogen and oxygen atoms in total. The lowest BCUT2D eigenvalue weighted by molar-refractivity contribution is 0.441. The molecule has 2 heteroatoms. The monoisotopic (exact) mass is 149 g/mol. The number of aromatic nitrogens is 1. The molecule has 0 atom stereocenters. The molecule has 0 aliphatic rings.